The second-order valence-corrected chi connectivity index (χ2v) is 12.9. The first kappa shape index (κ1) is 42.0. The van der Waals surface area contributed by atoms with Crippen molar-refractivity contribution in [3.05, 3.63) is 231 Å². The van der Waals surface area contributed by atoms with Gasteiger partial charge in [0.15, 0.2) is 0 Å². The van der Waals surface area contributed by atoms with E-state index in [2.05, 4.69) is 152 Å². The molecule has 0 aromatic heterocycles. The Kier molecular flexibility index (Phi) is 23.6. The van der Waals surface area contributed by atoms with Crippen molar-refractivity contribution >= 4 is 65.0 Å². The van der Waals surface area contributed by atoms with Crippen LogP contribution in [0.15, 0.2) is 212 Å². The average Bonchev–Trinajstić information content (AvgIpc) is 3.17. The second-order valence-electron chi connectivity index (χ2n) is 9.34. The van der Waals surface area contributed by atoms with Gasteiger partial charge < -0.3 is 29.6 Å². The van der Waals surface area contributed by atoms with Crippen molar-refractivity contribution in [2.45, 2.75) is 0 Å². The minimum atomic E-state index is -1.91. The molecular weight excluding hydrogens is 792 g/mol. The van der Waals surface area contributed by atoms with E-state index in [0.717, 1.165) is 0 Å². The van der Waals surface area contributed by atoms with Crippen LogP contribution in [0.1, 0.15) is 0 Å². The van der Waals surface area contributed by atoms with Gasteiger partial charge in [0.25, 0.3) is 0 Å². The van der Waals surface area contributed by atoms with Gasteiger partial charge in [-0.15, -0.1) is 0 Å². The maximum atomic E-state index is 7.13. The molecular formula is C43H35BrNPSSn. The first-order valence-corrected chi connectivity index (χ1v) is 16.9. The van der Waals surface area contributed by atoms with Crippen molar-refractivity contribution in [3.63, 3.8) is 0 Å². The Morgan fingerprint density at radius 1 is 0.375 bits per heavy atom. The molecule has 7 aromatic rings. The van der Waals surface area contributed by atoms with Crippen molar-refractivity contribution in [2.24, 2.45) is 0 Å². The minimum absolute atomic E-state index is 0. The van der Waals surface area contributed by atoms with E-state index in [0.29, 0.717) is 0 Å². The molecule has 0 atom stereocenters. The van der Waals surface area contributed by atoms with Crippen molar-refractivity contribution in [3.8, 4) is 5.40 Å². The number of nitrogens with zero attached hydrogens (tertiary/aromatic N) is 1. The van der Waals surface area contributed by atoms with E-state index in [1.165, 1.54) is 26.6 Å². The standard InChI is InChI=1S/C24H20P.3C6H5.CHNS.BrH.Sn/c1-5-13-21(14-6-1)25(22-15-7-2-8-16-22,23-17-9-3-10-18-23)24-19-11-4-12-20-24;3*1-2-4-6-5-3-1;2-1-3;;/h1-20H;3*1-5H;3H;1H;/q+1;3*-1;;;+4/p-2. The molecule has 0 unspecified atom stereocenters. The monoisotopic (exact) mass is 827 g/mol. The molecule has 0 bridgehead atoms. The zero-order valence-corrected chi connectivity index (χ0v) is 32.5. The van der Waals surface area contributed by atoms with E-state index in [-0.39, 0.29) is 40.9 Å². The van der Waals surface area contributed by atoms with Crippen molar-refractivity contribution < 1.29 is 17.0 Å². The summed E-state index contributed by atoms with van der Waals surface area (Å²) >= 11 is 3.70. The van der Waals surface area contributed by atoms with Gasteiger partial charge in [0.2, 0.25) is 0 Å². The number of hydrogen-bond donors (Lipinski definition) is 0. The molecule has 0 spiro atoms. The Labute approximate surface area is 320 Å². The summed E-state index contributed by atoms with van der Waals surface area (Å²) in [5, 5.41) is 14.0. The third kappa shape index (κ3) is 14.4. The van der Waals surface area contributed by atoms with Crippen molar-refractivity contribution in [2.75, 3.05) is 0 Å². The topological polar surface area (TPSA) is 23.8 Å². The van der Waals surface area contributed by atoms with Crippen LogP contribution in [0.2, 0.25) is 0 Å². The van der Waals surface area contributed by atoms with E-state index >= 15 is 0 Å². The zero-order valence-electron chi connectivity index (χ0n) is 26.4. The molecule has 234 valence electrons. The fourth-order valence-corrected chi connectivity index (χ4v) is 8.79. The summed E-state index contributed by atoms with van der Waals surface area (Å²) in [6.45, 7) is 0. The molecule has 0 aliphatic carbocycles. The number of hydrogen-bond acceptors (Lipinski definition) is 2. The third-order valence-electron chi connectivity index (χ3n) is 6.40. The molecule has 0 fully saturated rings. The van der Waals surface area contributed by atoms with E-state index < -0.39 is 7.26 Å². The summed E-state index contributed by atoms with van der Waals surface area (Å²) in [5.41, 5.74) is 0. The number of thiocyanates is 1. The summed E-state index contributed by atoms with van der Waals surface area (Å²) < 4.78 is 0. The Morgan fingerprint density at radius 3 is 0.667 bits per heavy atom. The van der Waals surface area contributed by atoms with Gasteiger partial charge in [-0.05, 0) is 48.5 Å². The normalized spacial score (nSPS) is 8.98. The maximum absolute atomic E-state index is 7.13. The van der Waals surface area contributed by atoms with Gasteiger partial charge in [0.05, 0.1) is 0 Å². The minimum Gasteiger partial charge on any atom is -1.00 e. The van der Waals surface area contributed by atoms with Crippen LogP contribution < -0.4 is 38.2 Å². The molecule has 0 heterocycles. The molecule has 0 saturated carbocycles. The summed E-state index contributed by atoms with van der Waals surface area (Å²) in [5.74, 6) is 0. The number of halogens is 1. The molecule has 48 heavy (non-hydrogen) atoms. The first-order valence-electron chi connectivity index (χ1n) is 14.7. The zero-order chi connectivity index (χ0) is 32.4. The largest absolute Gasteiger partial charge is 4.00 e. The molecule has 5 heteroatoms. The van der Waals surface area contributed by atoms with Crippen LogP contribution in [-0.2, 0) is 12.6 Å². The van der Waals surface area contributed by atoms with E-state index in [1.807, 2.05) is 91.0 Å². The molecule has 0 amide bonds. The summed E-state index contributed by atoms with van der Waals surface area (Å²) in [4.78, 5) is 0. The molecule has 1 nitrogen and oxygen atoms in total. The molecule has 0 N–H and O–H groups in total. The van der Waals surface area contributed by atoms with Crippen LogP contribution in [0, 0.1) is 28.9 Å². The number of benzene rings is 7. The van der Waals surface area contributed by atoms with Gasteiger partial charge in [-0.25, -0.2) is 5.26 Å². The third-order valence-corrected chi connectivity index (χ3v) is 10.7. The van der Waals surface area contributed by atoms with Crippen LogP contribution in [0.3, 0.4) is 0 Å². The molecule has 0 aliphatic rings. The fourth-order valence-electron chi connectivity index (χ4n) is 4.53. The van der Waals surface area contributed by atoms with E-state index in [4.69, 9.17) is 5.26 Å². The number of nitriles is 1. The van der Waals surface area contributed by atoms with Crippen molar-refractivity contribution in [1.29, 1.82) is 5.26 Å². The van der Waals surface area contributed by atoms with Crippen LogP contribution in [-0.4, -0.2) is 23.9 Å². The van der Waals surface area contributed by atoms with Crippen LogP contribution in [0.25, 0.3) is 0 Å². The fraction of sp³-hybridized carbons (Fsp3) is 0. The maximum Gasteiger partial charge on any atom is 4.00 e. The van der Waals surface area contributed by atoms with Gasteiger partial charge in [-0.3, -0.25) is 0 Å². The van der Waals surface area contributed by atoms with Gasteiger partial charge in [-0.2, -0.15) is 109 Å². The van der Waals surface area contributed by atoms with Gasteiger partial charge in [0, 0.05) is 0 Å². The van der Waals surface area contributed by atoms with Crippen LogP contribution in [0.5, 0.6) is 0 Å². The molecule has 7 aromatic carbocycles. The van der Waals surface area contributed by atoms with Gasteiger partial charge in [0.1, 0.15) is 28.5 Å². The predicted molar refractivity (Wildman–Crippen MR) is 206 cm³/mol. The predicted octanol–water partition coefficient (Wildman–Crippen LogP) is 5.40. The van der Waals surface area contributed by atoms with E-state index in [9.17, 15) is 0 Å². The van der Waals surface area contributed by atoms with Gasteiger partial charge in [-0.1, -0.05) is 78.2 Å². The Morgan fingerprint density at radius 2 is 0.542 bits per heavy atom. The summed E-state index contributed by atoms with van der Waals surface area (Å²) in [7, 11) is -1.91. The number of rotatable bonds is 4. The quantitative estimate of drug-likeness (QED) is 0.0781. The average molecular weight is 827 g/mol. The first-order chi connectivity index (χ1) is 22.8. The summed E-state index contributed by atoms with van der Waals surface area (Å²) in [6, 6.07) is 81.3. The van der Waals surface area contributed by atoms with Crippen molar-refractivity contribution in [1.82, 2.24) is 0 Å². The molecule has 0 radical (unpaired) electrons. The summed E-state index contributed by atoms with van der Waals surface area (Å²) in [6.07, 6.45) is 0. The Bertz CT molecular complexity index is 1410. The van der Waals surface area contributed by atoms with Crippen LogP contribution >= 0.6 is 7.26 Å². The molecule has 0 saturated heterocycles. The molecule has 0 aliphatic heterocycles. The second kappa shape index (κ2) is 27.0. The molecule has 7 rings (SSSR count). The Balaban J connectivity index is 0.000000406. The smallest absolute Gasteiger partial charge is 1.00 e. The van der Waals surface area contributed by atoms with Gasteiger partial charge >= 0.3 is 23.9 Å². The SMILES string of the molecule is N#C[S-].[Br-].[Sn+4].[c-]1ccccc1.[c-]1ccccc1.[c-]1ccccc1.c1ccc([P+](c2ccccc2)(c2ccccc2)c2ccccc2)cc1. The Hall–Kier alpha value is -4.04. The van der Waals surface area contributed by atoms with Crippen LogP contribution in [0.4, 0.5) is 0 Å². The van der Waals surface area contributed by atoms with E-state index in [1.54, 1.807) is 0 Å².